The Labute approximate surface area is 101 Å². The van der Waals surface area contributed by atoms with E-state index in [0.717, 1.165) is 0 Å². The van der Waals surface area contributed by atoms with E-state index < -0.39 is 11.7 Å². The predicted molar refractivity (Wildman–Crippen MR) is 63.8 cm³/mol. The molecule has 0 saturated carbocycles. The SMILES string of the molecule is CC(C)(C)CC(=O)C(C#N)c1cccc(F)c1. The van der Waals surface area contributed by atoms with E-state index in [4.69, 9.17) is 5.26 Å². The smallest absolute Gasteiger partial charge is 0.154 e. The van der Waals surface area contributed by atoms with E-state index in [1.54, 1.807) is 6.07 Å². The average Bonchev–Trinajstić information content (AvgIpc) is 2.15. The van der Waals surface area contributed by atoms with Crippen molar-refractivity contribution < 1.29 is 9.18 Å². The summed E-state index contributed by atoms with van der Waals surface area (Å²) in [5, 5.41) is 9.04. The van der Waals surface area contributed by atoms with Gasteiger partial charge in [0.05, 0.1) is 6.07 Å². The number of halogens is 1. The van der Waals surface area contributed by atoms with Crippen molar-refractivity contribution in [1.29, 1.82) is 5.26 Å². The molecule has 0 aliphatic rings. The molecule has 1 aromatic carbocycles. The van der Waals surface area contributed by atoms with Gasteiger partial charge in [0.1, 0.15) is 11.7 Å². The first-order chi connectivity index (χ1) is 7.83. The number of carbonyl (C=O) groups excluding carboxylic acids is 1. The molecule has 0 fully saturated rings. The summed E-state index contributed by atoms with van der Waals surface area (Å²) in [5.41, 5.74) is 0.265. The third-order valence-corrected chi connectivity index (χ3v) is 2.34. The summed E-state index contributed by atoms with van der Waals surface area (Å²) in [7, 11) is 0. The zero-order valence-electron chi connectivity index (χ0n) is 10.3. The molecule has 0 heterocycles. The number of nitriles is 1. The van der Waals surface area contributed by atoms with Crippen LogP contribution < -0.4 is 0 Å². The Hall–Kier alpha value is -1.69. The van der Waals surface area contributed by atoms with Crippen molar-refractivity contribution in [2.24, 2.45) is 5.41 Å². The van der Waals surface area contributed by atoms with Crippen LogP contribution in [0.25, 0.3) is 0 Å². The van der Waals surface area contributed by atoms with Crippen LogP contribution in [0.1, 0.15) is 38.7 Å². The van der Waals surface area contributed by atoms with Gasteiger partial charge in [-0.15, -0.1) is 0 Å². The topological polar surface area (TPSA) is 40.9 Å². The molecule has 0 aliphatic carbocycles. The Morgan fingerprint density at radius 2 is 2.12 bits per heavy atom. The number of rotatable bonds is 3. The molecule has 0 saturated heterocycles. The molecule has 1 atom stereocenters. The number of ketones is 1. The van der Waals surface area contributed by atoms with Crippen molar-refractivity contribution in [1.82, 2.24) is 0 Å². The molecule has 0 aromatic heterocycles. The van der Waals surface area contributed by atoms with Crippen LogP contribution in [0.15, 0.2) is 24.3 Å². The van der Waals surface area contributed by atoms with E-state index in [-0.39, 0.29) is 11.2 Å². The minimum absolute atomic E-state index is 0.161. The zero-order valence-corrected chi connectivity index (χ0v) is 10.3. The fourth-order valence-corrected chi connectivity index (χ4v) is 1.64. The van der Waals surface area contributed by atoms with Crippen LogP contribution in [0.3, 0.4) is 0 Å². The van der Waals surface area contributed by atoms with Crippen LogP contribution in [0.2, 0.25) is 0 Å². The minimum Gasteiger partial charge on any atom is -0.298 e. The summed E-state index contributed by atoms with van der Waals surface area (Å²) in [6.45, 7) is 5.81. The number of nitrogens with zero attached hydrogens (tertiary/aromatic N) is 1. The molecule has 90 valence electrons. The minimum atomic E-state index is -0.870. The van der Waals surface area contributed by atoms with Crippen LogP contribution in [-0.2, 0) is 4.79 Å². The summed E-state index contributed by atoms with van der Waals surface area (Å²) < 4.78 is 13.0. The van der Waals surface area contributed by atoms with Gasteiger partial charge in [0.25, 0.3) is 0 Å². The lowest BCUT2D eigenvalue weighted by Gasteiger charge is -2.18. The summed E-state index contributed by atoms with van der Waals surface area (Å²) in [5.74, 6) is -1.46. The predicted octanol–water partition coefficient (Wildman–Crippen LogP) is 3.44. The van der Waals surface area contributed by atoms with E-state index in [2.05, 4.69) is 0 Å². The molecular formula is C14H16FNO. The largest absolute Gasteiger partial charge is 0.298 e. The second kappa shape index (κ2) is 5.09. The zero-order chi connectivity index (χ0) is 13.1. The molecule has 0 spiro atoms. The first-order valence-corrected chi connectivity index (χ1v) is 5.51. The average molecular weight is 233 g/mol. The Morgan fingerprint density at radius 1 is 1.47 bits per heavy atom. The molecular weight excluding hydrogens is 217 g/mol. The second-order valence-electron chi connectivity index (χ2n) is 5.32. The van der Waals surface area contributed by atoms with Gasteiger partial charge in [0.2, 0.25) is 0 Å². The highest BCUT2D eigenvalue weighted by molar-refractivity contribution is 5.88. The molecule has 1 aromatic rings. The Balaban J connectivity index is 2.94. The molecule has 0 aliphatic heterocycles. The van der Waals surface area contributed by atoms with Crippen molar-refractivity contribution in [2.45, 2.75) is 33.1 Å². The maximum Gasteiger partial charge on any atom is 0.154 e. The van der Waals surface area contributed by atoms with E-state index >= 15 is 0 Å². The first kappa shape index (κ1) is 13.4. The van der Waals surface area contributed by atoms with Crippen LogP contribution in [-0.4, -0.2) is 5.78 Å². The number of Topliss-reactive ketones (excluding diaryl/α,β-unsaturated/α-hetero) is 1. The monoisotopic (exact) mass is 233 g/mol. The van der Waals surface area contributed by atoms with E-state index in [0.29, 0.717) is 12.0 Å². The summed E-state index contributed by atoms with van der Waals surface area (Å²) in [6, 6.07) is 7.62. The number of hydrogen-bond acceptors (Lipinski definition) is 2. The van der Waals surface area contributed by atoms with Crippen molar-refractivity contribution in [2.75, 3.05) is 0 Å². The molecule has 0 radical (unpaired) electrons. The normalized spacial score (nSPS) is 12.9. The van der Waals surface area contributed by atoms with Crippen molar-refractivity contribution >= 4 is 5.78 Å². The van der Waals surface area contributed by atoms with Crippen LogP contribution in [0, 0.1) is 22.6 Å². The number of benzene rings is 1. The molecule has 0 amide bonds. The summed E-state index contributed by atoms with van der Waals surface area (Å²) in [4.78, 5) is 12.0. The quantitative estimate of drug-likeness (QED) is 0.802. The lowest BCUT2D eigenvalue weighted by molar-refractivity contribution is -0.121. The maximum atomic E-state index is 13.0. The molecule has 1 rings (SSSR count). The van der Waals surface area contributed by atoms with Crippen molar-refractivity contribution in [3.05, 3.63) is 35.6 Å². The van der Waals surface area contributed by atoms with E-state index in [9.17, 15) is 9.18 Å². The molecule has 17 heavy (non-hydrogen) atoms. The molecule has 3 heteroatoms. The fraction of sp³-hybridized carbons (Fsp3) is 0.429. The van der Waals surface area contributed by atoms with E-state index in [1.165, 1.54) is 18.2 Å². The van der Waals surface area contributed by atoms with Crippen LogP contribution in [0.5, 0.6) is 0 Å². The summed E-state index contributed by atoms with van der Waals surface area (Å²) in [6.07, 6.45) is 0.307. The van der Waals surface area contributed by atoms with Gasteiger partial charge in [0, 0.05) is 6.42 Å². The highest BCUT2D eigenvalue weighted by Crippen LogP contribution is 2.26. The Morgan fingerprint density at radius 3 is 2.59 bits per heavy atom. The number of hydrogen-bond donors (Lipinski definition) is 0. The van der Waals surface area contributed by atoms with Gasteiger partial charge >= 0.3 is 0 Å². The van der Waals surface area contributed by atoms with E-state index in [1.807, 2.05) is 26.8 Å². The Kier molecular flexibility index (Phi) is 4.01. The van der Waals surface area contributed by atoms with Gasteiger partial charge in [-0.1, -0.05) is 32.9 Å². The Bertz CT molecular complexity index is 454. The molecule has 1 unspecified atom stereocenters. The molecule has 0 bridgehead atoms. The summed E-state index contributed by atoms with van der Waals surface area (Å²) >= 11 is 0. The van der Waals surface area contributed by atoms with Crippen LogP contribution >= 0.6 is 0 Å². The van der Waals surface area contributed by atoms with Gasteiger partial charge in [0.15, 0.2) is 5.78 Å². The lowest BCUT2D eigenvalue weighted by atomic mass is 9.84. The highest BCUT2D eigenvalue weighted by atomic mass is 19.1. The molecule has 2 nitrogen and oxygen atoms in total. The van der Waals surface area contributed by atoms with Gasteiger partial charge in [-0.2, -0.15) is 5.26 Å². The lowest BCUT2D eigenvalue weighted by Crippen LogP contribution is -2.18. The van der Waals surface area contributed by atoms with Crippen molar-refractivity contribution in [3.8, 4) is 6.07 Å². The van der Waals surface area contributed by atoms with Gasteiger partial charge < -0.3 is 0 Å². The third kappa shape index (κ3) is 3.99. The van der Waals surface area contributed by atoms with Gasteiger partial charge in [-0.3, -0.25) is 4.79 Å². The standard InChI is InChI=1S/C14H16FNO/c1-14(2,3)8-13(17)12(9-16)10-5-4-6-11(15)7-10/h4-7,12H,8H2,1-3H3. The number of carbonyl (C=O) groups is 1. The second-order valence-corrected chi connectivity index (χ2v) is 5.32. The highest BCUT2D eigenvalue weighted by Gasteiger charge is 2.25. The molecule has 0 N–H and O–H groups in total. The van der Waals surface area contributed by atoms with Gasteiger partial charge in [-0.25, -0.2) is 4.39 Å². The maximum absolute atomic E-state index is 13.0. The van der Waals surface area contributed by atoms with Gasteiger partial charge in [-0.05, 0) is 23.1 Å². The van der Waals surface area contributed by atoms with Crippen LogP contribution in [0.4, 0.5) is 4.39 Å². The third-order valence-electron chi connectivity index (χ3n) is 2.34. The van der Waals surface area contributed by atoms with Crippen molar-refractivity contribution in [3.63, 3.8) is 0 Å². The fourth-order valence-electron chi connectivity index (χ4n) is 1.64. The first-order valence-electron chi connectivity index (χ1n) is 5.51.